The van der Waals surface area contributed by atoms with Gasteiger partial charge in [0.15, 0.2) is 0 Å². The Hall–Kier alpha value is -0.480. The third-order valence-electron chi connectivity index (χ3n) is 2.31. The van der Waals surface area contributed by atoms with Gasteiger partial charge in [0.2, 0.25) is 0 Å². The molecule has 0 bridgehead atoms. The van der Waals surface area contributed by atoms with Gasteiger partial charge < -0.3 is 5.32 Å². The van der Waals surface area contributed by atoms with Gasteiger partial charge in [0.1, 0.15) is 12.0 Å². The Morgan fingerprint density at radius 1 is 1.35 bits per heavy atom. The van der Waals surface area contributed by atoms with Gasteiger partial charge in [0.05, 0.1) is 0 Å². The van der Waals surface area contributed by atoms with Crippen molar-refractivity contribution in [2.75, 3.05) is 6.54 Å². The van der Waals surface area contributed by atoms with Crippen LogP contribution < -0.4 is 5.32 Å². The second-order valence-corrected chi connectivity index (χ2v) is 6.08. The number of benzene rings is 1. The Kier molecular flexibility index (Phi) is 5.07. The smallest absolute Gasteiger partial charge is 0.127 e. The summed E-state index contributed by atoms with van der Waals surface area (Å²) < 4.78 is 27.8. The Morgan fingerprint density at radius 3 is 2.53 bits per heavy atom. The molecule has 1 aromatic carbocycles. The number of halogens is 3. The summed E-state index contributed by atoms with van der Waals surface area (Å²) in [6.07, 6.45) is -0.979. The molecule has 0 saturated carbocycles. The summed E-state index contributed by atoms with van der Waals surface area (Å²) in [5.74, 6) is -0.363. The average molecular weight is 306 g/mol. The molecular formula is C13H18BrF2N. The number of alkyl halides is 1. The minimum Gasteiger partial charge on any atom is -0.309 e. The molecule has 0 aliphatic heterocycles. The number of hydrogen-bond donors (Lipinski definition) is 1. The highest BCUT2D eigenvalue weighted by Crippen LogP contribution is 2.17. The Morgan fingerprint density at radius 2 is 2.00 bits per heavy atom. The lowest BCUT2D eigenvalue weighted by atomic mass is 10.1. The van der Waals surface area contributed by atoms with E-state index in [9.17, 15) is 8.78 Å². The fourth-order valence-electron chi connectivity index (χ4n) is 1.41. The summed E-state index contributed by atoms with van der Waals surface area (Å²) in [6, 6.07) is 4.70. The van der Waals surface area contributed by atoms with E-state index in [1.54, 1.807) is 12.1 Å². The van der Waals surface area contributed by atoms with Crippen molar-refractivity contribution in [3.8, 4) is 0 Å². The Balaban J connectivity index is 2.53. The van der Waals surface area contributed by atoms with Crippen LogP contribution in [0.25, 0.3) is 0 Å². The van der Waals surface area contributed by atoms with Crippen molar-refractivity contribution >= 4 is 15.9 Å². The molecule has 0 radical (unpaired) electrons. The van der Waals surface area contributed by atoms with Crippen LogP contribution in [-0.2, 0) is 6.42 Å². The van der Waals surface area contributed by atoms with Crippen LogP contribution in [-0.4, -0.2) is 18.3 Å². The molecule has 0 saturated heterocycles. The molecule has 1 aromatic rings. The van der Waals surface area contributed by atoms with Crippen LogP contribution in [0.3, 0.4) is 0 Å². The molecule has 1 N–H and O–H groups in total. The van der Waals surface area contributed by atoms with Crippen molar-refractivity contribution in [3.63, 3.8) is 0 Å². The monoisotopic (exact) mass is 305 g/mol. The third kappa shape index (κ3) is 5.59. The molecular weight excluding hydrogens is 288 g/mol. The first kappa shape index (κ1) is 14.6. The van der Waals surface area contributed by atoms with Crippen LogP contribution in [0, 0.1) is 5.82 Å². The van der Waals surface area contributed by atoms with E-state index < -0.39 is 6.17 Å². The van der Waals surface area contributed by atoms with Crippen molar-refractivity contribution in [3.05, 3.63) is 34.1 Å². The van der Waals surface area contributed by atoms with Crippen LogP contribution in [0.1, 0.15) is 26.3 Å². The van der Waals surface area contributed by atoms with Gasteiger partial charge in [-0.25, -0.2) is 8.78 Å². The van der Waals surface area contributed by atoms with Gasteiger partial charge in [-0.05, 0) is 38.5 Å². The normalized spacial score (nSPS) is 13.8. The predicted molar refractivity (Wildman–Crippen MR) is 70.5 cm³/mol. The van der Waals surface area contributed by atoms with Gasteiger partial charge in [0.25, 0.3) is 0 Å². The maximum Gasteiger partial charge on any atom is 0.127 e. The molecule has 1 nitrogen and oxygen atoms in total. The molecule has 1 atom stereocenters. The minimum absolute atomic E-state index is 0.0994. The van der Waals surface area contributed by atoms with E-state index in [2.05, 4.69) is 21.2 Å². The van der Waals surface area contributed by atoms with E-state index in [0.29, 0.717) is 10.0 Å². The largest absolute Gasteiger partial charge is 0.309 e. The molecule has 17 heavy (non-hydrogen) atoms. The topological polar surface area (TPSA) is 12.0 Å². The first-order chi connectivity index (χ1) is 7.78. The van der Waals surface area contributed by atoms with Crippen molar-refractivity contribution in [1.29, 1.82) is 0 Å². The summed E-state index contributed by atoms with van der Waals surface area (Å²) in [5.41, 5.74) is 0.291. The second-order valence-electron chi connectivity index (χ2n) is 5.17. The molecule has 96 valence electrons. The minimum atomic E-state index is -1.08. The number of rotatable bonds is 4. The van der Waals surface area contributed by atoms with Gasteiger partial charge in [-0.15, -0.1) is 0 Å². The number of nitrogens with one attached hydrogen (secondary N) is 1. The first-order valence-electron chi connectivity index (χ1n) is 5.61. The van der Waals surface area contributed by atoms with Crippen LogP contribution in [0.2, 0.25) is 0 Å². The lowest BCUT2D eigenvalue weighted by Crippen LogP contribution is -2.40. The fraction of sp³-hybridized carbons (Fsp3) is 0.538. The van der Waals surface area contributed by atoms with Crippen molar-refractivity contribution in [2.45, 2.75) is 38.9 Å². The Labute approximate surface area is 110 Å². The maximum atomic E-state index is 13.7. The molecule has 0 aliphatic rings. The van der Waals surface area contributed by atoms with E-state index in [4.69, 9.17) is 0 Å². The van der Waals surface area contributed by atoms with Crippen LogP contribution in [0.4, 0.5) is 8.78 Å². The molecule has 0 fully saturated rings. The molecule has 0 aromatic heterocycles. The van der Waals surface area contributed by atoms with E-state index in [1.165, 1.54) is 6.07 Å². The van der Waals surface area contributed by atoms with E-state index in [0.717, 1.165) is 0 Å². The summed E-state index contributed by atoms with van der Waals surface area (Å²) >= 11 is 3.17. The Bertz CT molecular complexity index is 374. The number of hydrogen-bond acceptors (Lipinski definition) is 1. The zero-order chi connectivity index (χ0) is 13.1. The summed E-state index contributed by atoms with van der Waals surface area (Å²) in [4.78, 5) is 0. The van der Waals surface area contributed by atoms with Gasteiger partial charge in [-0.3, -0.25) is 0 Å². The van der Waals surface area contributed by atoms with Crippen molar-refractivity contribution < 1.29 is 8.78 Å². The molecule has 1 unspecified atom stereocenters. The van der Waals surface area contributed by atoms with Crippen molar-refractivity contribution in [2.24, 2.45) is 0 Å². The highest BCUT2D eigenvalue weighted by atomic mass is 79.9. The van der Waals surface area contributed by atoms with Gasteiger partial charge in [-0.1, -0.05) is 22.0 Å². The van der Waals surface area contributed by atoms with Crippen LogP contribution in [0.5, 0.6) is 0 Å². The maximum absolute atomic E-state index is 13.7. The summed E-state index contributed by atoms with van der Waals surface area (Å²) in [5, 5.41) is 3.07. The average Bonchev–Trinajstić information content (AvgIpc) is 2.18. The van der Waals surface area contributed by atoms with Crippen LogP contribution in [0.15, 0.2) is 22.7 Å². The van der Waals surface area contributed by atoms with E-state index in [-0.39, 0.29) is 24.3 Å². The zero-order valence-electron chi connectivity index (χ0n) is 10.4. The lowest BCUT2D eigenvalue weighted by Gasteiger charge is -2.22. The standard InChI is InChI=1S/C13H18BrF2N/c1-13(2,3)17-8-11(15)6-9-4-5-10(14)7-12(9)16/h4-5,7,11,17H,6,8H2,1-3H3. The highest BCUT2D eigenvalue weighted by molar-refractivity contribution is 9.10. The van der Waals surface area contributed by atoms with E-state index >= 15 is 0 Å². The zero-order valence-corrected chi connectivity index (χ0v) is 11.9. The molecule has 0 heterocycles. The molecule has 0 spiro atoms. The third-order valence-corrected chi connectivity index (χ3v) is 2.80. The lowest BCUT2D eigenvalue weighted by molar-refractivity contribution is 0.282. The van der Waals surface area contributed by atoms with Gasteiger partial charge in [-0.2, -0.15) is 0 Å². The van der Waals surface area contributed by atoms with Gasteiger partial charge in [0, 0.05) is 23.0 Å². The summed E-state index contributed by atoms with van der Waals surface area (Å²) in [7, 11) is 0. The SMILES string of the molecule is CC(C)(C)NCC(F)Cc1ccc(Br)cc1F. The quantitative estimate of drug-likeness (QED) is 0.891. The van der Waals surface area contributed by atoms with E-state index in [1.807, 2.05) is 20.8 Å². The molecule has 4 heteroatoms. The van der Waals surface area contributed by atoms with Crippen LogP contribution >= 0.6 is 15.9 Å². The molecule has 0 amide bonds. The molecule has 0 aliphatic carbocycles. The highest BCUT2D eigenvalue weighted by Gasteiger charge is 2.15. The molecule has 1 rings (SSSR count). The summed E-state index contributed by atoms with van der Waals surface area (Å²) in [6.45, 7) is 6.15. The fourth-order valence-corrected chi connectivity index (χ4v) is 1.75. The van der Waals surface area contributed by atoms with Crippen molar-refractivity contribution in [1.82, 2.24) is 5.32 Å². The predicted octanol–water partition coefficient (Wildman–Crippen LogP) is 3.86. The second kappa shape index (κ2) is 5.91. The first-order valence-corrected chi connectivity index (χ1v) is 6.40. The van der Waals surface area contributed by atoms with Gasteiger partial charge >= 0.3 is 0 Å².